The summed E-state index contributed by atoms with van der Waals surface area (Å²) in [5, 5.41) is 7.81. The van der Waals surface area contributed by atoms with Crippen molar-refractivity contribution in [2.45, 2.75) is 12.6 Å². The van der Waals surface area contributed by atoms with Gasteiger partial charge in [0.25, 0.3) is 5.91 Å². The van der Waals surface area contributed by atoms with Crippen LogP contribution in [0.3, 0.4) is 0 Å². The van der Waals surface area contributed by atoms with E-state index in [0.717, 1.165) is 10.9 Å². The molecule has 1 aliphatic heterocycles. The normalized spacial score (nSPS) is 16.3. The van der Waals surface area contributed by atoms with Crippen LogP contribution in [0.2, 0.25) is 0 Å². The number of carbonyl (C=O) groups is 1. The van der Waals surface area contributed by atoms with Gasteiger partial charge in [0.1, 0.15) is 6.61 Å². The molecule has 2 heterocycles. The number of ether oxygens (including phenoxy) is 1. The highest BCUT2D eigenvalue weighted by Gasteiger charge is 2.27. The average Bonchev–Trinajstić information content (AvgIpc) is 3.04. The van der Waals surface area contributed by atoms with Gasteiger partial charge in [0.2, 0.25) is 0 Å². The van der Waals surface area contributed by atoms with Gasteiger partial charge in [-0.2, -0.15) is 18.3 Å². The molecule has 6 nitrogen and oxygen atoms in total. The summed E-state index contributed by atoms with van der Waals surface area (Å²) in [5.41, 5.74) is 1.25. The van der Waals surface area contributed by atoms with Gasteiger partial charge in [-0.05, 0) is 12.5 Å². The van der Waals surface area contributed by atoms with Crippen LogP contribution in [0.15, 0.2) is 24.3 Å². The Hall–Kier alpha value is -2.13. The molecular weight excluding hydrogens is 349 g/mol. The van der Waals surface area contributed by atoms with Crippen LogP contribution in [-0.2, 0) is 4.74 Å². The molecule has 1 saturated heterocycles. The van der Waals surface area contributed by atoms with Crippen molar-refractivity contribution in [1.82, 2.24) is 20.0 Å². The fraction of sp³-hybridized carbons (Fsp3) is 0.529. The van der Waals surface area contributed by atoms with Gasteiger partial charge >= 0.3 is 6.18 Å². The number of H-pyrrole nitrogens is 1. The maximum atomic E-state index is 12.7. The lowest BCUT2D eigenvalue weighted by Gasteiger charge is -2.34. The number of nitrogens with zero attached hydrogens (tertiary/aromatic N) is 3. The second kappa shape index (κ2) is 8.05. The summed E-state index contributed by atoms with van der Waals surface area (Å²) in [6.07, 6.45) is -3.74. The Balaban J connectivity index is 1.43. The smallest absolute Gasteiger partial charge is 0.372 e. The molecule has 1 aromatic heterocycles. The van der Waals surface area contributed by atoms with E-state index in [4.69, 9.17) is 0 Å². The molecule has 142 valence electrons. The number of hydrogen-bond donors (Lipinski definition) is 1. The Morgan fingerprint density at radius 1 is 1.19 bits per heavy atom. The number of piperazine rings is 1. The molecule has 0 saturated carbocycles. The van der Waals surface area contributed by atoms with Crippen molar-refractivity contribution >= 4 is 16.8 Å². The van der Waals surface area contributed by atoms with E-state index in [1.807, 2.05) is 24.3 Å². The van der Waals surface area contributed by atoms with Crippen LogP contribution in [0.4, 0.5) is 13.2 Å². The number of alkyl halides is 3. The van der Waals surface area contributed by atoms with Gasteiger partial charge in [-0.3, -0.25) is 14.8 Å². The van der Waals surface area contributed by atoms with Crippen LogP contribution >= 0.6 is 0 Å². The molecule has 1 N–H and O–H groups in total. The van der Waals surface area contributed by atoms with Crippen molar-refractivity contribution in [3.63, 3.8) is 0 Å². The lowest BCUT2D eigenvalue weighted by atomic mass is 10.2. The molecule has 0 unspecified atom stereocenters. The lowest BCUT2D eigenvalue weighted by molar-refractivity contribution is -0.174. The monoisotopic (exact) mass is 370 g/mol. The molecule has 0 bridgehead atoms. The van der Waals surface area contributed by atoms with Crippen LogP contribution in [0, 0.1) is 0 Å². The van der Waals surface area contributed by atoms with Gasteiger partial charge in [-0.1, -0.05) is 18.2 Å². The minimum Gasteiger partial charge on any atom is -0.372 e. The first-order valence-electron chi connectivity index (χ1n) is 8.53. The molecule has 26 heavy (non-hydrogen) atoms. The molecule has 2 aromatic rings. The van der Waals surface area contributed by atoms with Crippen molar-refractivity contribution in [3.05, 3.63) is 30.0 Å². The van der Waals surface area contributed by atoms with E-state index in [1.54, 1.807) is 4.90 Å². The van der Waals surface area contributed by atoms with Crippen molar-refractivity contribution in [2.24, 2.45) is 0 Å². The molecule has 0 radical (unpaired) electrons. The zero-order valence-corrected chi connectivity index (χ0v) is 14.3. The summed E-state index contributed by atoms with van der Waals surface area (Å²) in [7, 11) is 0. The first-order chi connectivity index (χ1) is 12.4. The van der Waals surface area contributed by atoms with Gasteiger partial charge in [-0.15, -0.1) is 0 Å². The molecule has 3 rings (SSSR count). The number of amides is 1. The molecule has 0 aliphatic carbocycles. The van der Waals surface area contributed by atoms with Crippen molar-refractivity contribution in [3.8, 4) is 0 Å². The van der Waals surface area contributed by atoms with Crippen LogP contribution in [-0.4, -0.2) is 78.0 Å². The number of nitrogens with one attached hydrogen (secondary N) is 1. The number of benzene rings is 1. The summed E-state index contributed by atoms with van der Waals surface area (Å²) in [6, 6.07) is 7.49. The Labute approximate surface area is 148 Å². The van der Waals surface area contributed by atoms with Crippen molar-refractivity contribution < 1.29 is 22.7 Å². The number of aromatic nitrogens is 2. The summed E-state index contributed by atoms with van der Waals surface area (Å²) in [4.78, 5) is 16.6. The Morgan fingerprint density at radius 3 is 2.65 bits per heavy atom. The Morgan fingerprint density at radius 2 is 1.92 bits per heavy atom. The number of hydrogen-bond acceptors (Lipinski definition) is 4. The fourth-order valence-electron chi connectivity index (χ4n) is 3.03. The first-order valence-corrected chi connectivity index (χ1v) is 8.53. The van der Waals surface area contributed by atoms with E-state index in [0.29, 0.717) is 44.8 Å². The van der Waals surface area contributed by atoms with Crippen molar-refractivity contribution in [1.29, 1.82) is 0 Å². The first kappa shape index (κ1) is 18.7. The van der Waals surface area contributed by atoms with Crippen LogP contribution in [0.25, 0.3) is 10.9 Å². The van der Waals surface area contributed by atoms with E-state index >= 15 is 0 Å². The second-order valence-corrected chi connectivity index (χ2v) is 6.27. The zero-order valence-electron chi connectivity index (χ0n) is 14.3. The van der Waals surface area contributed by atoms with Gasteiger partial charge < -0.3 is 9.64 Å². The second-order valence-electron chi connectivity index (χ2n) is 6.27. The molecule has 0 spiro atoms. The highest BCUT2D eigenvalue weighted by Crippen LogP contribution is 2.18. The molecule has 0 atom stereocenters. The van der Waals surface area contributed by atoms with Crippen LogP contribution in [0.1, 0.15) is 16.9 Å². The molecule has 1 aliphatic rings. The van der Waals surface area contributed by atoms with Gasteiger partial charge in [-0.25, -0.2) is 0 Å². The van der Waals surface area contributed by atoms with Gasteiger partial charge in [0.05, 0.1) is 5.52 Å². The molecule has 1 aromatic carbocycles. The largest absolute Gasteiger partial charge is 0.411 e. The SMILES string of the molecule is O=C(c1n[nH]c2ccccc12)N1CCN(CCCOCC(F)(F)F)CC1. The minimum absolute atomic E-state index is 0.0813. The predicted octanol–water partition coefficient (Wildman–Crippen LogP) is 2.29. The summed E-state index contributed by atoms with van der Waals surface area (Å²) >= 11 is 0. The highest BCUT2D eigenvalue weighted by molar-refractivity contribution is 6.04. The number of carbonyl (C=O) groups excluding carboxylic acids is 1. The number of para-hydroxylation sites is 1. The Kier molecular flexibility index (Phi) is 5.77. The predicted molar refractivity (Wildman–Crippen MR) is 89.9 cm³/mol. The topological polar surface area (TPSA) is 61.5 Å². The van der Waals surface area contributed by atoms with E-state index in [9.17, 15) is 18.0 Å². The zero-order chi connectivity index (χ0) is 18.6. The lowest BCUT2D eigenvalue weighted by Crippen LogP contribution is -2.49. The third-order valence-electron chi connectivity index (χ3n) is 4.36. The highest BCUT2D eigenvalue weighted by atomic mass is 19.4. The molecule has 1 fully saturated rings. The van der Waals surface area contributed by atoms with Gasteiger partial charge in [0, 0.05) is 44.7 Å². The van der Waals surface area contributed by atoms with Crippen LogP contribution < -0.4 is 0 Å². The summed E-state index contributed by atoms with van der Waals surface area (Å²) in [6.45, 7) is 2.06. The fourth-order valence-corrected chi connectivity index (χ4v) is 3.03. The third kappa shape index (κ3) is 4.73. The number of rotatable bonds is 6. The van der Waals surface area contributed by atoms with E-state index < -0.39 is 12.8 Å². The molecule has 1 amide bonds. The summed E-state index contributed by atoms with van der Waals surface area (Å²) in [5.74, 6) is -0.101. The third-order valence-corrected chi connectivity index (χ3v) is 4.36. The number of halogens is 3. The maximum Gasteiger partial charge on any atom is 0.411 e. The van der Waals surface area contributed by atoms with E-state index in [2.05, 4.69) is 19.8 Å². The number of aromatic amines is 1. The minimum atomic E-state index is -4.28. The van der Waals surface area contributed by atoms with Crippen molar-refractivity contribution in [2.75, 3.05) is 45.9 Å². The summed E-state index contributed by atoms with van der Waals surface area (Å²) < 4.78 is 40.6. The Bertz CT molecular complexity index is 739. The number of fused-ring (bicyclic) bond motifs is 1. The van der Waals surface area contributed by atoms with E-state index in [-0.39, 0.29) is 12.5 Å². The maximum absolute atomic E-state index is 12.7. The molecular formula is C17H21F3N4O2. The average molecular weight is 370 g/mol. The quantitative estimate of drug-likeness (QED) is 0.793. The van der Waals surface area contributed by atoms with Crippen LogP contribution in [0.5, 0.6) is 0 Å². The van der Waals surface area contributed by atoms with E-state index in [1.165, 1.54) is 0 Å². The standard InChI is InChI=1S/C17H21F3N4O2/c18-17(19,20)12-26-11-3-6-23-7-9-24(10-8-23)16(25)15-13-4-1-2-5-14(13)21-22-15/h1-2,4-5H,3,6-12H2,(H,21,22). The van der Waals surface area contributed by atoms with Gasteiger partial charge in [0.15, 0.2) is 5.69 Å². The molecule has 9 heteroatoms.